The Morgan fingerprint density at radius 1 is 1.41 bits per heavy atom. The van der Waals surface area contributed by atoms with Crippen LogP contribution in [-0.4, -0.2) is 50.4 Å². The summed E-state index contributed by atoms with van der Waals surface area (Å²) in [5, 5.41) is 2.64. The number of hydrogen-bond donors (Lipinski definition) is 1. The second-order valence-corrected chi connectivity index (χ2v) is 8.51. The van der Waals surface area contributed by atoms with Gasteiger partial charge in [0.2, 0.25) is 0 Å². The second-order valence-electron chi connectivity index (χ2n) is 5.84. The maximum Gasteiger partial charge on any atom is 0.277 e. The van der Waals surface area contributed by atoms with Crippen molar-refractivity contribution in [3.8, 4) is 0 Å². The molecule has 1 amide bonds. The van der Waals surface area contributed by atoms with Gasteiger partial charge >= 0.3 is 0 Å². The van der Waals surface area contributed by atoms with Crippen LogP contribution in [-0.2, 0) is 14.6 Å². The van der Waals surface area contributed by atoms with Crippen molar-refractivity contribution in [2.45, 2.75) is 25.4 Å². The van der Waals surface area contributed by atoms with Gasteiger partial charge in [-0.3, -0.25) is 4.79 Å². The van der Waals surface area contributed by atoms with Crippen molar-refractivity contribution in [3.05, 3.63) is 34.9 Å². The maximum atomic E-state index is 12.2. The zero-order chi connectivity index (χ0) is 16.3. The molecule has 5 nitrogen and oxygen atoms in total. The predicted molar refractivity (Wildman–Crippen MR) is 86.5 cm³/mol. The molecule has 2 rings (SSSR count). The number of likely N-dealkylation sites (N-methyl/N-ethyl adjacent to an activating group) is 1. The van der Waals surface area contributed by atoms with Crippen LogP contribution in [0.3, 0.4) is 0 Å². The first kappa shape index (κ1) is 17.2. The Morgan fingerprint density at radius 3 is 2.59 bits per heavy atom. The quantitative estimate of drug-likeness (QED) is 0.850. The van der Waals surface area contributed by atoms with Crippen molar-refractivity contribution >= 4 is 27.3 Å². The number of carbonyl (C=O) groups is 1. The van der Waals surface area contributed by atoms with Crippen LogP contribution >= 0.6 is 11.6 Å². The molecule has 0 radical (unpaired) electrons. The van der Waals surface area contributed by atoms with Gasteiger partial charge in [-0.1, -0.05) is 23.7 Å². The minimum Gasteiger partial charge on any atom is -0.337 e. The van der Waals surface area contributed by atoms with Gasteiger partial charge in [0.15, 0.2) is 16.4 Å². The van der Waals surface area contributed by atoms with Gasteiger partial charge in [-0.15, -0.1) is 0 Å². The van der Waals surface area contributed by atoms with E-state index in [1.165, 1.54) is 0 Å². The lowest BCUT2D eigenvalue weighted by Gasteiger charge is -2.23. The third kappa shape index (κ3) is 4.44. The predicted octanol–water partition coefficient (Wildman–Crippen LogP) is 0.610. The number of amides is 1. The Hall–Kier alpha value is -1.11. The molecule has 1 aromatic rings. The van der Waals surface area contributed by atoms with Crippen molar-refractivity contribution in [2.75, 3.05) is 25.1 Å². The minimum atomic E-state index is -2.97. The van der Waals surface area contributed by atoms with Crippen molar-refractivity contribution in [1.82, 2.24) is 4.90 Å². The highest BCUT2D eigenvalue weighted by Crippen LogP contribution is 2.16. The zero-order valence-corrected chi connectivity index (χ0v) is 14.4. The van der Waals surface area contributed by atoms with Crippen LogP contribution in [0.5, 0.6) is 0 Å². The zero-order valence-electron chi connectivity index (χ0n) is 12.8. The van der Waals surface area contributed by atoms with Crippen molar-refractivity contribution in [3.63, 3.8) is 0 Å². The van der Waals surface area contributed by atoms with Crippen LogP contribution in [0, 0.1) is 0 Å². The lowest BCUT2D eigenvalue weighted by Crippen LogP contribution is -2.87. The van der Waals surface area contributed by atoms with E-state index in [-0.39, 0.29) is 29.5 Å². The van der Waals surface area contributed by atoms with Gasteiger partial charge in [0.1, 0.15) is 6.04 Å². The molecule has 1 saturated heterocycles. The summed E-state index contributed by atoms with van der Waals surface area (Å²) in [7, 11) is -1.28. The molecule has 1 aliphatic heterocycles. The minimum absolute atomic E-state index is 0.0390. The highest BCUT2D eigenvalue weighted by atomic mass is 35.5. The average Bonchev–Trinajstić information content (AvgIpc) is 2.84. The van der Waals surface area contributed by atoms with E-state index in [0.29, 0.717) is 18.0 Å². The first-order valence-corrected chi connectivity index (χ1v) is 9.53. The third-order valence-corrected chi connectivity index (χ3v) is 6.19. The molecule has 0 aromatic heterocycles. The Morgan fingerprint density at radius 2 is 2.05 bits per heavy atom. The Balaban J connectivity index is 1.85. The smallest absolute Gasteiger partial charge is 0.277 e. The normalized spacial score (nSPS) is 21.5. The van der Waals surface area contributed by atoms with Crippen LogP contribution in [0.2, 0.25) is 5.02 Å². The SMILES string of the molecule is C[C@@H]([NH2+]CC(=O)N(C)[C@@H]1CCS(=O)(=O)C1)c1ccc(Cl)cc1. The first-order valence-electron chi connectivity index (χ1n) is 7.33. The molecule has 2 N–H and O–H groups in total. The summed E-state index contributed by atoms with van der Waals surface area (Å²) in [5.41, 5.74) is 1.10. The molecule has 7 heteroatoms. The Bertz CT molecular complexity index is 631. The van der Waals surface area contributed by atoms with E-state index < -0.39 is 9.84 Å². The van der Waals surface area contributed by atoms with Crippen LogP contribution in [0.1, 0.15) is 24.9 Å². The molecule has 1 aliphatic rings. The number of carbonyl (C=O) groups excluding carboxylic acids is 1. The van der Waals surface area contributed by atoms with Crippen molar-refractivity contribution in [2.24, 2.45) is 0 Å². The number of sulfone groups is 1. The van der Waals surface area contributed by atoms with Crippen LogP contribution in [0.25, 0.3) is 0 Å². The summed E-state index contributed by atoms with van der Waals surface area (Å²) in [5.74, 6) is 0.227. The summed E-state index contributed by atoms with van der Waals surface area (Å²) in [6, 6.07) is 7.51. The number of benzene rings is 1. The molecule has 0 saturated carbocycles. The van der Waals surface area contributed by atoms with Gasteiger partial charge in [0.05, 0.1) is 11.5 Å². The average molecular weight is 346 g/mol. The fourth-order valence-electron chi connectivity index (χ4n) is 2.61. The molecule has 0 spiro atoms. The number of nitrogens with zero attached hydrogens (tertiary/aromatic N) is 1. The molecular weight excluding hydrogens is 324 g/mol. The Kier molecular flexibility index (Phi) is 5.47. The van der Waals surface area contributed by atoms with Crippen molar-refractivity contribution < 1.29 is 18.5 Å². The topological polar surface area (TPSA) is 71.1 Å². The molecule has 0 aliphatic carbocycles. The number of rotatable bonds is 5. The molecule has 2 atom stereocenters. The summed E-state index contributed by atoms with van der Waals surface area (Å²) >= 11 is 5.86. The molecule has 1 aromatic carbocycles. The van der Waals surface area contributed by atoms with Gasteiger partial charge in [-0.05, 0) is 25.5 Å². The van der Waals surface area contributed by atoms with Crippen LogP contribution < -0.4 is 5.32 Å². The van der Waals surface area contributed by atoms with Gasteiger partial charge in [0.25, 0.3) is 5.91 Å². The third-order valence-electron chi connectivity index (χ3n) is 4.19. The summed E-state index contributed by atoms with van der Waals surface area (Å²) in [6.45, 7) is 2.33. The Labute approximate surface area is 136 Å². The molecule has 122 valence electrons. The van der Waals surface area contributed by atoms with Gasteiger partial charge in [-0.2, -0.15) is 0 Å². The lowest BCUT2D eigenvalue weighted by molar-refractivity contribution is -0.683. The molecule has 1 heterocycles. The molecule has 0 unspecified atom stereocenters. The van der Waals surface area contributed by atoms with E-state index in [0.717, 1.165) is 5.56 Å². The number of hydrogen-bond acceptors (Lipinski definition) is 3. The van der Waals surface area contributed by atoms with Gasteiger partial charge in [-0.25, -0.2) is 8.42 Å². The van der Waals surface area contributed by atoms with Gasteiger partial charge in [0, 0.05) is 23.7 Å². The van der Waals surface area contributed by atoms with Gasteiger partial charge < -0.3 is 10.2 Å². The van der Waals surface area contributed by atoms with E-state index in [1.54, 1.807) is 11.9 Å². The van der Waals surface area contributed by atoms with E-state index in [4.69, 9.17) is 11.6 Å². The number of nitrogens with two attached hydrogens (primary N) is 1. The fourth-order valence-corrected chi connectivity index (χ4v) is 4.51. The standard InChI is InChI=1S/C15H21ClN2O3S/c1-11(12-3-5-13(16)6-4-12)17-9-15(19)18(2)14-7-8-22(20,21)10-14/h3-6,11,14,17H,7-10H2,1-2H3/p+1/t11-,14-/m1/s1. The first-order chi connectivity index (χ1) is 10.3. The lowest BCUT2D eigenvalue weighted by atomic mass is 10.1. The summed E-state index contributed by atoms with van der Waals surface area (Å²) in [4.78, 5) is 13.8. The molecule has 0 bridgehead atoms. The molecular formula is C15H22ClN2O3S+. The summed E-state index contributed by atoms with van der Waals surface area (Å²) in [6.07, 6.45) is 0.539. The van der Waals surface area contributed by atoms with Crippen LogP contribution in [0.4, 0.5) is 0 Å². The second kappa shape index (κ2) is 6.98. The largest absolute Gasteiger partial charge is 0.337 e. The fraction of sp³-hybridized carbons (Fsp3) is 0.533. The highest BCUT2D eigenvalue weighted by molar-refractivity contribution is 7.91. The van der Waals surface area contributed by atoms with Crippen molar-refractivity contribution in [1.29, 1.82) is 0 Å². The van der Waals surface area contributed by atoms with E-state index in [2.05, 4.69) is 0 Å². The number of quaternary nitrogens is 1. The number of halogens is 1. The molecule has 1 fully saturated rings. The van der Waals surface area contributed by atoms with Crippen LogP contribution in [0.15, 0.2) is 24.3 Å². The monoisotopic (exact) mass is 345 g/mol. The summed E-state index contributed by atoms with van der Waals surface area (Å²) < 4.78 is 23.0. The van der Waals surface area contributed by atoms with E-state index in [9.17, 15) is 13.2 Å². The van der Waals surface area contributed by atoms with E-state index >= 15 is 0 Å². The maximum absolute atomic E-state index is 12.2. The highest BCUT2D eigenvalue weighted by Gasteiger charge is 2.33. The van der Waals surface area contributed by atoms with E-state index in [1.807, 2.05) is 36.5 Å². The molecule has 22 heavy (non-hydrogen) atoms.